The third kappa shape index (κ3) is 2.72. The maximum atomic E-state index is 9.22. The van der Waals surface area contributed by atoms with Crippen LogP contribution >= 0.6 is 10.6 Å². The number of hydrogen-bond acceptors (Lipinski definition) is 3. The topological polar surface area (TPSA) is 43.7 Å². The molecule has 0 atom stereocenters. The molecule has 0 amide bonds. The van der Waals surface area contributed by atoms with E-state index in [4.69, 9.17) is 6.42 Å². The second-order valence-corrected chi connectivity index (χ2v) is 5.11. The van der Waals surface area contributed by atoms with Gasteiger partial charge in [-0.25, -0.2) is 0 Å². The minimum atomic E-state index is -2.24. The molecule has 0 spiro atoms. The first kappa shape index (κ1) is 8.88. The van der Waals surface area contributed by atoms with E-state index in [1.165, 1.54) is 0 Å². The molecule has 0 aromatic carbocycles. The predicted molar refractivity (Wildman–Crippen MR) is 47.9 cm³/mol. The van der Waals surface area contributed by atoms with Gasteiger partial charge in [0.1, 0.15) is 0 Å². The Bertz CT molecular complexity index is 166. The van der Waals surface area contributed by atoms with Crippen LogP contribution in [0.1, 0.15) is 0 Å². The van der Waals surface area contributed by atoms with Crippen LogP contribution in [0.25, 0.3) is 0 Å². The van der Waals surface area contributed by atoms with Gasteiger partial charge in [-0.3, -0.25) is 14.0 Å². The molecule has 0 aliphatic carbocycles. The van der Waals surface area contributed by atoms with Gasteiger partial charge < -0.3 is 0 Å². The van der Waals surface area contributed by atoms with E-state index in [0.29, 0.717) is 31.1 Å². The molecule has 4 heteroatoms. The van der Waals surface area contributed by atoms with Crippen molar-refractivity contribution in [3.8, 4) is 12.3 Å². The molecule has 1 fully saturated rings. The molecule has 0 radical (unpaired) electrons. The van der Waals surface area contributed by atoms with Gasteiger partial charge >= 0.3 is 0 Å². The molecule has 1 aliphatic rings. The number of rotatable bonds is 1. The molecule has 2 N–H and O–H groups in total. The fourth-order valence-corrected chi connectivity index (χ4v) is 2.36. The minimum Gasteiger partial charge on any atom is -0.299 e. The molecule has 1 heterocycles. The van der Waals surface area contributed by atoms with Gasteiger partial charge in [-0.2, -0.15) is 10.6 Å². The summed E-state index contributed by atoms with van der Waals surface area (Å²) in [5, 5.41) is 0. The molecular formula is C7H13NO2S. The molecule has 3 nitrogen and oxygen atoms in total. The summed E-state index contributed by atoms with van der Waals surface area (Å²) < 4.78 is 18.4. The monoisotopic (exact) mass is 175 g/mol. The van der Waals surface area contributed by atoms with Crippen molar-refractivity contribution in [1.82, 2.24) is 4.90 Å². The lowest BCUT2D eigenvalue weighted by atomic mass is 10.5. The van der Waals surface area contributed by atoms with Crippen molar-refractivity contribution in [3.05, 3.63) is 0 Å². The lowest BCUT2D eigenvalue weighted by Crippen LogP contribution is -2.38. The molecule has 1 aliphatic heterocycles. The van der Waals surface area contributed by atoms with Gasteiger partial charge in [-0.1, -0.05) is 5.92 Å². The summed E-state index contributed by atoms with van der Waals surface area (Å²) in [5.74, 6) is 3.50. The van der Waals surface area contributed by atoms with Gasteiger partial charge in [-0.15, -0.1) is 6.42 Å². The van der Waals surface area contributed by atoms with Crippen LogP contribution in [-0.4, -0.2) is 45.1 Å². The van der Waals surface area contributed by atoms with Gasteiger partial charge in [0.25, 0.3) is 0 Å². The molecule has 11 heavy (non-hydrogen) atoms. The summed E-state index contributed by atoms with van der Waals surface area (Å²) in [6, 6.07) is 0. The van der Waals surface area contributed by atoms with Crippen LogP contribution in [0, 0.1) is 12.3 Å². The normalized spacial score (nSPS) is 27.4. The zero-order valence-corrected chi connectivity index (χ0v) is 7.18. The molecule has 64 valence electrons. The van der Waals surface area contributed by atoms with Crippen molar-refractivity contribution in [2.75, 3.05) is 31.1 Å². The summed E-state index contributed by atoms with van der Waals surface area (Å²) in [4.78, 5) is 2.05. The highest BCUT2D eigenvalue weighted by molar-refractivity contribution is 8.24. The van der Waals surface area contributed by atoms with E-state index in [-0.39, 0.29) is 0 Å². The molecular weight excluding hydrogens is 162 g/mol. The third-order valence-electron chi connectivity index (χ3n) is 1.78. The fourth-order valence-electron chi connectivity index (χ4n) is 1.05. The van der Waals surface area contributed by atoms with Crippen LogP contribution in [0.4, 0.5) is 0 Å². The molecule has 0 aromatic rings. The largest absolute Gasteiger partial charge is 0.299 e. The standard InChI is InChI=1S/C7H13NO2S/c1-2-3-8-4-6-11(9,10)7-5-8/h1,9-10H,3-7H2. The second kappa shape index (κ2) is 3.46. The van der Waals surface area contributed by atoms with Gasteiger partial charge in [-0.05, 0) is 0 Å². The fraction of sp³-hybridized carbons (Fsp3) is 0.714. The zero-order valence-electron chi connectivity index (χ0n) is 6.36. The highest BCUT2D eigenvalue weighted by Crippen LogP contribution is 2.39. The number of terminal acetylenes is 1. The first-order chi connectivity index (χ1) is 5.14. The van der Waals surface area contributed by atoms with Crippen LogP contribution in [0.2, 0.25) is 0 Å². The lowest BCUT2D eigenvalue weighted by Gasteiger charge is -2.40. The van der Waals surface area contributed by atoms with Crippen LogP contribution in [-0.2, 0) is 0 Å². The Hall–Kier alpha value is -0.210. The Kier molecular flexibility index (Phi) is 2.79. The quantitative estimate of drug-likeness (QED) is 0.576. The van der Waals surface area contributed by atoms with E-state index >= 15 is 0 Å². The molecule has 1 rings (SSSR count). The van der Waals surface area contributed by atoms with Crippen LogP contribution in [0.15, 0.2) is 0 Å². The molecule has 0 unspecified atom stereocenters. The highest BCUT2D eigenvalue weighted by Gasteiger charge is 2.20. The number of hydrogen-bond donors (Lipinski definition) is 2. The average molecular weight is 175 g/mol. The summed E-state index contributed by atoms with van der Waals surface area (Å²) in [6.45, 7) is 2.05. The SMILES string of the molecule is C#CCN1CCS(O)(O)CC1. The van der Waals surface area contributed by atoms with E-state index in [1.807, 2.05) is 0 Å². The first-order valence-corrected chi connectivity index (χ1v) is 5.42. The Morgan fingerprint density at radius 1 is 1.36 bits per heavy atom. The third-order valence-corrected chi connectivity index (χ3v) is 3.46. The van der Waals surface area contributed by atoms with E-state index < -0.39 is 10.6 Å². The van der Waals surface area contributed by atoms with Crippen molar-refractivity contribution >= 4 is 10.6 Å². The Labute approximate surface area is 68.7 Å². The van der Waals surface area contributed by atoms with Gasteiger partial charge in [0.15, 0.2) is 0 Å². The highest BCUT2D eigenvalue weighted by atomic mass is 32.3. The molecule has 1 saturated heterocycles. The smallest absolute Gasteiger partial charge is 0.0599 e. The van der Waals surface area contributed by atoms with Gasteiger partial charge in [0.05, 0.1) is 18.1 Å². The van der Waals surface area contributed by atoms with Crippen LogP contribution in [0.5, 0.6) is 0 Å². The lowest BCUT2D eigenvalue weighted by molar-refractivity contribution is 0.318. The minimum absolute atomic E-state index is 0.481. The molecule has 0 aromatic heterocycles. The Balaban J connectivity index is 2.32. The first-order valence-electron chi connectivity index (χ1n) is 3.53. The zero-order chi connectivity index (χ0) is 8.32. The summed E-state index contributed by atoms with van der Waals surface area (Å²) >= 11 is 0. The predicted octanol–water partition coefficient (Wildman–Crippen LogP) is 0.686. The van der Waals surface area contributed by atoms with E-state index in [1.54, 1.807) is 0 Å². The number of nitrogens with zero attached hydrogens (tertiary/aromatic N) is 1. The van der Waals surface area contributed by atoms with Crippen molar-refractivity contribution in [1.29, 1.82) is 0 Å². The molecule has 0 bridgehead atoms. The van der Waals surface area contributed by atoms with Crippen LogP contribution < -0.4 is 0 Å². The Morgan fingerprint density at radius 3 is 2.36 bits per heavy atom. The van der Waals surface area contributed by atoms with Crippen molar-refractivity contribution in [3.63, 3.8) is 0 Å². The van der Waals surface area contributed by atoms with Crippen molar-refractivity contribution in [2.24, 2.45) is 0 Å². The van der Waals surface area contributed by atoms with Gasteiger partial charge in [0, 0.05) is 13.1 Å². The van der Waals surface area contributed by atoms with Crippen molar-refractivity contribution < 1.29 is 9.11 Å². The average Bonchev–Trinajstić information content (AvgIpc) is 1.94. The van der Waals surface area contributed by atoms with Crippen molar-refractivity contribution in [2.45, 2.75) is 0 Å². The molecule has 0 saturated carbocycles. The Morgan fingerprint density at radius 2 is 1.91 bits per heavy atom. The van der Waals surface area contributed by atoms with E-state index in [2.05, 4.69) is 10.8 Å². The van der Waals surface area contributed by atoms with E-state index in [0.717, 1.165) is 0 Å². The maximum absolute atomic E-state index is 9.22. The van der Waals surface area contributed by atoms with E-state index in [9.17, 15) is 9.11 Å². The van der Waals surface area contributed by atoms with Gasteiger partial charge in [0.2, 0.25) is 0 Å². The maximum Gasteiger partial charge on any atom is 0.0599 e. The summed E-state index contributed by atoms with van der Waals surface area (Å²) in [6.07, 6.45) is 5.12. The van der Waals surface area contributed by atoms with Crippen LogP contribution in [0.3, 0.4) is 0 Å². The summed E-state index contributed by atoms with van der Waals surface area (Å²) in [5.41, 5.74) is 0. The summed E-state index contributed by atoms with van der Waals surface area (Å²) in [7, 11) is -2.24. The second-order valence-electron chi connectivity index (χ2n) is 2.69.